The van der Waals surface area contributed by atoms with E-state index in [2.05, 4.69) is 22.3 Å². The van der Waals surface area contributed by atoms with E-state index in [4.69, 9.17) is 0 Å². The van der Waals surface area contributed by atoms with Crippen molar-refractivity contribution in [3.8, 4) is 0 Å². The predicted octanol–water partition coefficient (Wildman–Crippen LogP) is 4.43. The van der Waals surface area contributed by atoms with Crippen LogP contribution in [-0.4, -0.2) is 43.4 Å². The Hall–Kier alpha value is -2.04. The quantitative estimate of drug-likeness (QED) is 0.688. The van der Waals surface area contributed by atoms with Crippen LogP contribution in [0.25, 0.3) is 0 Å². The lowest BCUT2D eigenvalue weighted by Gasteiger charge is -2.32. The second-order valence-corrected chi connectivity index (χ2v) is 8.84. The highest BCUT2D eigenvalue weighted by atomic mass is 19.1. The van der Waals surface area contributed by atoms with Crippen molar-refractivity contribution < 1.29 is 9.18 Å². The average Bonchev–Trinajstić information content (AvgIpc) is 3.01. The topological polar surface area (TPSA) is 32.3 Å². The number of ketones is 1. The number of hydrogen-bond donors (Lipinski definition) is 1. The molecule has 1 saturated heterocycles. The van der Waals surface area contributed by atoms with Gasteiger partial charge in [-0.1, -0.05) is 30.3 Å². The molecule has 0 saturated carbocycles. The Bertz CT molecular complexity index is 858. The third-order valence-corrected chi connectivity index (χ3v) is 6.72. The zero-order valence-electron chi connectivity index (χ0n) is 17.8. The van der Waals surface area contributed by atoms with Gasteiger partial charge < -0.3 is 10.2 Å². The molecule has 0 aromatic heterocycles. The second-order valence-electron chi connectivity index (χ2n) is 8.84. The summed E-state index contributed by atoms with van der Waals surface area (Å²) in [5.41, 5.74) is 4.44. The number of nitrogens with one attached hydrogen (secondary N) is 1. The summed E-state index contributed by atoms with van der Waals surface area (Å²) in [6.07, 6.45) is 6.66. The maximum Gasteiger partial charge on any atom is 0.162 e. The van der Waals surface area contributed by atoms with Gasteiger partial charge in [-0.25, -0.2) is 4.39 Å². The van der Waals surface area contributed by atoms with Gasteiger partial charge in [0, 0.05) is 12.0 Å². The molecule has 1 fully saturated rings. The molecule has 160 valence electrons. The molecule has 2 heterocycles. The van der Waals surface area contributed by atoms with Crippen LogP contribution in [0.3, 0.4) is 0 Å². The van der Waals surface area contributed by atoms with Crippen molar-refractivity contribution in [1.29, 1.82) is 0 Å². The maximum absolute atomic E-state index is 13.9. The summed E-state index contributed by atoms with van der Waals surface area (Å²) in [7, 11) is 0. The molecule has 30 heavy (non-hydrogen) atoms. The molecule has 2 aliphatic heterocycles. The van der Waals surface area contributed by atoms with E-state index in [0.717, 1.165) is 82.4 Å². The van der Waals surface area contributed by atoms with Gasteiger partial charge in [-0.15, -0.1) is 0 Å². The van der Waals surface area contributed by atoms with Crippen LogP contribution in [0.15, 0.2) is 42.5 Å². The fourth-order valence-electron chi connectivity index (χ4n) is 4.84. The zero-order valence-corrected chi connectivity index (χ0v) is 17.8. The third kappa shape index (κ3) is 5.55. The summed E-state index contributed by atoms with van der Waals surface area (Å²) in [5.74, 6) is 0.755. The number of nitrogens with zero attached hydrogens (tertiary/aromatic N) is 1. The predicted molar refractivity (Wildman–Crippen MR) is 120 cm³/mol. The van der Waals surface area contributed by atoms with Crippen LogP contribution in [0.1, 0.15) is 52.7 Å². The van der Waals surface area contributed by atoms with Crippen molar-refractivity contribution in [3.63, 3.8) is 0 Å². The van der Waals surface area contributed by atoms with E-state index in [1.54, 1.807) is 12.1 Å². The normalized spacial score (nSPS) is 18.0. The molecule has 2 aromatic carbocycles. The number of piperidine rings is 1. The van der Waals surface area contributed by atoms with E-state index >= 15 is 0 Å². The first-order valence-electron chi connectivity index (χ1n) is 11.5. The molecule has 2 aromatic rings. The van der Waals surface area contributed by atoms with E-state index in [-0.39, 0.29) is 11.6 Å². The summed E-state index contributed by atoms with van der Waals surface area (Å²) < 4.78 is 13.9. The van der Waals surface area contributed by atoms with Crippen molar-refractivity contribution in [2.24, 2.45) is 5.92 Å². The van der Waals surface area contributed by atoms with Gasteiger partial charge in [0.05, 0.1) is 0 Å². The first-order valence-corrected chi connectivity index (χ1v) is 11.5. The molecule has 0 radical (unpaired) electrons. The number of carbonyl (C=O) groups excluding carboxylic acids is 1. The smallest absolute Gasteiger partial charge is 0.162 e. The monoisotopic (exact) mass is 408 g/mol. The lowest BCUT2D eigenvalue weighted by Crippen LogP contribution is -2.35. The lowest BCUT2D eigenvalue weighted by atomic mass is 9.90. The van der Waals surface area contributed by atoms with Crippen LogP contribution in [0.2, 0.25) is 0 Å². The Labute approximate surface area is 179 Å². The number of halogens is 1. The highest BCUT2D eigenvalue weighted by Crippen LogP contribution is 2.23. The summed E-state index contributed by atoms with van der Waals surface area (Å²) in [4.78, 5) is 15.1. The molecule has 0 amide bonds. The van der Waals surface area contributed by atoms with Crippen LogP contribution in [-0.2, 0) is 19.3 Å². The van der Waals surface area contributed by atoms with Crippen LogP contribution < -0.4 is 5.32 Å². The Morgan fingerprint density at radius 3 is 2.60 bits per heavy atom. The van der Waals surface area contributed by atoms with E-state index in [0.29, 0.717) is 12.3 Å². The Balaban J connectivity index is 1.19. The van der Waals surface area contributed by atoms with Gasteiger partial charge in [0.15, 0.2) is 5.78 Å². The highest BCUT2D eigenvalue weighted by molar-refractivity contribution is 5.96. The van der Waals surface area contributed by atoms with Crippen molar-refractivity contribution in [3.05, 3.63) is 70.5 Å². The van der Waals surface area contributed by atoms with Gasteiger partial charge in [-0.3, -0.25) is 4.79 Å². The van der Waals surface area contributed by atoms with Crippen molar-refractivity contribution in [2.75, 3.05) is 32.7 Å². The minimum absolute atomic E-state index is 0.0764. The standard InChI is InChI=1S/C26H33FN2O/c27-25-5-2-1-4-23(25)18-20-11-16-29(17-12-20)15-3-6-26(30)24-8-7-21-9-13-28-14-10-22(21)19-24/h1-2,4-5,7-8,19-20,28H,3,6,9-18H2. The summed E-state index contributed by atoms with van der Waals surface area (Å²) in [6.45, 7) is 5.11. The number of benzene rings is 2. The van der Waals surface area contributed by atoms with Crippen molar-refractivity contribution in [2.45, 2.75) is 44.9 Å². The highest BCUT2D eigenvalue weighted by Gasteiger charge is 2.20. The SMILES string of the molecule is O=C(CCCN1CCC(Cc2ccccc2F)CC1)c1ccc2c(c1)CCNCC2. The zero-order chi connectivity index (χ0) is 20.8. The van der Waals surface area contributed by atoms with Crippen LogP contribution in [0, 0.1) is 11.7 Å². The van der Waals surface area contributed by atoms with E-state index < -0.39 is 0 Å². The Morgan fingerprint density at radius 2 is 1.80 bits per heavy atom. The van der Waals surface area contributed by atoms with E-state index in [1.165, 1.54) is 11.1 Å². The van der Waals surface area contributed by atoms with Crippen molar-refractivity contribution in [1.82, 2.24) is 10.2 Å². The maximum atomic E-state index is 13.9. The van der Waals surface area contributed by atoms with E-state index in [1.807, 2.05) is 18.2 Å². The Kier molecular flexibility index (Phi) is 7.29. The van der Waals surface area contributed by atoms with Crippen LogP contribution in [0.4, 0.5) is 4.39 Å². The molecule has 0 aliphatic carbocycles. The second kappa shape index (κ2) is 10.3. The average molecular weight is 409 g/mol. The van der Waals surface area contributed by atoms with Gasteiger partial charge in [0.1, 0.15) is 5.82 Å². The fraction of sp³-hybridized carbons (Fsp3) is 0.500. The Morgan fingerprint density at radius 1 is 1.03 bits per heavy atom. The first kappa shape index (κ1) is 21.2. The molecule has 2 aliphatic rings. The number of carbonyl (C=O) groups is 1. The molecular formula is C26H33FN2O. The molecule has 0 atom stereocenters. The number of hydrogen-bond acceptors (Lipinski definition) is 3. The molecule has 3 nitrogen and oxygen atoms in total. The minimum atomic E-state index is -0.0764. The van der Waals surface area contributed by atoms with E-state index in [9.17, 15) is 9.18 Å². The summed E-state index contributed by atoms with van der Waals surface area (Å²) in [6, 6.07) is 13.4. The van der Waals surface area contributed by atoms with Crippen molar-refractivity contribution >= 4 is 5.78 Å². The first-order chi connectivity index (χ1) is 14.7. The molecule has 0 unspecified atom stereocenters. The molecular weight excluding hydrogens is 375 g/mol. The largest absolute Gasteiger partial charge is 0.316 e. The van der Waals surface area contributed by atoms with Crippen LogP contribution in [0.5, 0.6) is 0 Å². The van der Waals surface area contributed by atoms with Gasteiger partial charge >= 0.3 is 0 Å². The van der Waals surface area contributed by atoms with Gasteiger partial charge in [0.25, 0.3) is 0 Å². The molecule has 0 bridgehead atoms. The molecule has 0 spiro atoms. The molecule has 4 rings (SSSR count). The minimum Gasteiger partial charge on any atom is -0.316 e. The van der Waals surface area contributed by atoms with Gasteiger partial charge in [-0.05, 0) is 106 Å². The summed E-state index contributed by atoms with van der Waals surface area (Å²) >= 11 is 0. The molecule has 4 heteroatoms. The lowest BCUT2D eigenvalue weighted by molar-refractivity contribution is 0.0970. The fourth-order valence-corrected chi connectivity index (χ4v) is 4.84. The van der Waals surface area contributed by atoms with Gasteiger partial charge in [-0.2, -0.15) is 0 Å². The number of likely N-dealkylation sites (tertiary alicyclic amines) is 1. The number of fused-ring (bicyclic) bond motifs is 1. The third-order valence-electron chi connectivity index (χ3n) is 6.72. The number of rotatable bonds is 7. The molecule has 1 N–H and O–H groups in total. The van der Waals surface area contributed by atoms with Crippen LogP contribution >= 0.6 is 0 Å². The number of Topliss-reactive ketones (excluding diaryl/α,β-unsaturated/α-hetero) is 1. The summed E-state index contributed by atoms with van der Waals surface area (Å²) in [5, 5.41) is 3.42. The van der Waals surface area contributed by atoms with Gasteiger partial charge in [0.2, 0.25) is 0 Å².